The number of carboxylic acids is 1. The average molecular weight is 551 g/mol. The van der Waals surface area contributed by atoms with Crippen molar-refractivity contribution >= 4 is 23.8 Å². The molecule has 2 amide bonds. The number of nitrogens with one attached hydrogen (secondary N) is 2. The summed E-state index contributed by atoms with van der Waals surface area (Å²) in [5, 5.41) is 15.0. The maximum Gasteiger partial charge on any atom is 0.408 e. The van der Waals surface area contributed by atoms with E-state index in [1.54, 1.807) is 48.5 Å². The van der Waals surface area contributed by atoms with Gasteiger partial charge in [-0.05, 0) is 16.7 Å². The molecule has 0 saturated heterocycles. The molecule has 4 aromatic rings. The Balaban J connectivity index is 1.42. The van der Waals surface area contributed by atoms with E-state index in [2.05, 4.69) is 10.6 Å². The Morgan fingerprint density at radius 2 is 1.07 bits per heavy atom. The van der Waals surface area contributed by atoms with Crippen LogP contribution in [-0.2, 0) is 33.8 Å². The maximum atomic E-state index is 13.3. The van der Waals surface area contributed by atoms with E-state index in [9.17, 15) is 24.3 Å². The highest BCUT2D eigenvalue weighted by Gasteiger charge is 2.27. The van der Waals surface area contributed by atoms with Gasteiger partial charge in [0.2, 0.25) is 5.91 Å². The van der Waals surface area contributed by atoms with Crippen molar-refractivity contribution in [3.05, 3.63) is 143 Å². The van der Waals surface area contributed by atoms with Crippen molar-refractivity contribution in [2.75, 3.05) is 0 Å². The lowest BCUT2D eigenvalue weighted by Gasteiger charge is -2.22. The largest absolute Gasteiger partial charge is 0.480 e. The molecule has 0 aromatic heterocycles. The smallest absolute Gasteiger partial charge is 0.408 e. The molecule has 4 rings (SSSR count). The van der Waals surface area contributed by atoms with Gasteiger partial charge < -0.3 is 20.5 Å². The second-order valence-corrected chi connectivity index (χ2v) is 9.44. The van der Waals surface area contributed by atoms with Gasteiger partial charge in [-0.1, -0.05) is 115 Å². The number of carbonyl (C=O) groups is 4. The molecular formula is C33H30N2O6. The van der Waals surface area contributed by atoms with Crippen LogP contribution in [0.4, 0.5) is 4.79 Å². The van der Waals surface area contributed by atoms with Gasteiger partial charge in [0, 0.05) is 24.0 Å². The van der Waals surface area contributed by atoms with Crippen LogP contribution in [0.1, 0.15) is 32.6 Å². The van der Waals surface area contributed by atoms with Gasteiger partial charge in [-0.2, -0.15) is 0 Å². The molecule has 0 aliphatic rings. The van der Waals surface area contributed by atoms with E-state index in [0.29, 0.717) is 16.7 Å². The summed E-state index contributed by atoms with van der Waals surface area (Å²) in [4.78, 5) is 50.6. The number of carbonyl (C=O) groups excluding carboxylic acids is 3. The molecule has 0 fully saturated rings. The standard InChI is InChI=1S/C33H30N2O6/c36-30(26-14-8-3-9-15-26)27-18-16-24(17-19-27)21-29(32(38)39)34-31(37)28(20-23-10-4-1-5-11-23)35-33(40)41-22-25-12-6-2-7-13-25/h1-19,28-29H,20-22H2,(H,34,37)(H,35,40)(H,38,39)/t28-,29+/m1/s1. The van der Waals surface area contributed by atoms with E-state index in [1.807, 2.05) is 66.7 Å². The Labute approximate surface area is 238 Å². The van der Waals surface area contributed by atoms with Crippen LogP contribution in [0.3, 0.4) is 0 Å². The van der Waals surface area contributed by atoms with E-state index in [4.69, 9.17) is 4.74 Å². The summed E-state index contributed by atoms with van der Waals surface area (Å²) in [6.07, 6.45) is -0.678. The third-order valence-electron chi connectivity index (χ3n) is 6.41. The number of hydrogen-bond donors (Lipinski definition) is 3. The van der Waals surface area contributed by atoms with Crippen LogP contribution < -0.4 is 10.6 Å². The van der Waals surface area contributed by atoms with E-state index in [-0.39, 0.29) is 25.2 Å². The van der Waals surface area contributed by atoms with Crippen LogP contribution in [0.15, 0.2) is 115 Å². The number of alkyl carbamates (subject to hydrolysis) is 1. The van der Waals surface area contributed by atoms with Gasteiger partial charge in [0.15, 0.2) is 5.78 Å². The van der Waals surface area contributed by atoms with Crippen LogP contribution in [0.5, 0.6) is 0 Å². The molecule has 3 N–H and O–H groups in total. The lowest BCUT2D eigenvalue weighted by atomic mass is 9.99. The molecule has 8 heteroatoms. The average Bonchev–Trinajstić information content (AvgIpc) is 3.00. The predicted molar refractivity (Wildman–Crippen MR) is 153 cm³/mol. The van der Waals surface area contributed by atoms with Gasteiger partial charge in [0.05, 0.1) is 0 Å². The Morgan fingerprint density at radius 1 is 0.585 bits per heavy atom. The number of amides is 2. The minimum Gasteiger partial charge on any atom is -0.480 e. The molecule has 8 nitrogen and oxygen atoms in total. The highest BCUT2D eigenvalue weighted by molar-refractivity contribution is 6.08. The Bertz CT molecular complexity index is 1460. The lowest BCUT2D eigenvalue weighted by molar-refractivity contribution is -0.142. The molecule has 0 bridgehead atoms. The number of ketones is 1. The van der Waals surface area contributed by atoms with Crippen LogP contribution in [0.25, 0.3) is 0 Å². The van der Waals surface area contributed by atoms with E-state index >= 15 is 0 Å². The van der Waals surface area contributed by atoms with Gasteiger partial charge >= 0.3 is 12.1 Å². The van der Waals surface area contributed by atoms with Crippen LogP contribution in [0.2, 0.25) is 0 Å². The fraction of sp³-hybridized carbons (Fsp3) is 0.152. The number of rotatable bonds is 12. The minimum atomic E-state index is -1.27. The van der Waals surface area contributed by atoms with Gasteiger partial charge in [-0.3, -0.25) is 9.59 Å². The molecule has 0 unspecified atom stereocenters. The maximum absolute atomic E-state index is 13.3. The second-order valence-electron chi connectivity index (χ2n) is 9.44. The SMILES string of the molecule is O=C(N[C@H](Cc1ccccc1)C(=O)N[C@@H](Cc1ccc(C(=O)c2ccccc2)cc1)C(=O)O)OCc1ccccc1. The van der Waals surface area contributed by atoms with Crippen molar-refractivity contribution in [1.82, 2.24) is 10.6 Å². The fourth-order valence-corrected chi connectivity index (χ4v) is 4.22. The van der Waals surface area contributed by atoms with Gasteiger partial charge in [0.1, 0.15) is 18.7 Å². The molecular weight excluding hydrogens is 520 g/mol. The number of benzene rings is 4. The van der Waals surface area contributed by atoms with Crippen molar-refractivity contribution in [3.8, 4) is 0 Å². The van der Waals surface area contributed by atoms with Crippen molar-refractivity contribution < 1.29 is 29.0 Å². The molecule has 0 aliphatic carbocycles. The first-order valence-corrected chi connectivity index (χ1v) is 13.1. The van der Waals surface area contributed by atoms with Crippen molar-refractivity contribution in [2.45, 2.75) is 31.5 Å². The third-order valence-corrected chi connectivity index (χ3v) is 6.41. The van der Waals surface area contributed by atoms with Crippen LogP contribution in [-0.4, -0.2) is 40.9 Å². The number of ether oxygens (including phenoxy) is 1. The van der Waals surface area contributed by atoms with Crippen molar-refractivity contribution in [1.29, 1.82) is 0 Å². The Hall–Kier alpha value is -5.24. The summed E-state index contributed by atoms with van der Waals surface area (Å²) < 4.78 is 5.28. The zero-order valence-electron chi connectivity index (χ0n) is 22.2. The summed E-state index contributed by atoms with van der Waals surface area (Å²) >= 11 is 0. The van der Waals surface area contributed by atoms with Gasteiger partial charge in [-0.15, -0.1) is 0 Å². The Morgan fingerprint density at radius 3 is 1.66 bits per heavy atom. The monoisotopic (exact) mass is 550 g/mol. The molecule has 2 atom stereocenters. The van der Waals surface area contributed by atoms with Crippen molar-refractivity contribution in [3.63, 3.8) is 0 Å². The molecule has 4 aromatic carbocycles. The minimum absolute atomic E-state index is 0.0165. The summed E-state index contributed by atoms with van der Waals surface area (Å²) in [6.45, 7) is 0.0207. The van der Waals surface area contributed by atoms with Gasteiger partial charge in [-0.25, -0.2) is 9.59 Å². The zero-order chi connectivity index (χ0) is 29.0. The lowest BCUT2D eigenvalue weighted by Crippen LogP contribution is -2.53. The normalized spacial score (nSPS) is 12.0. The van der Waals surface area contributed by atoms with Crippen LogP contribution in [0, 0.1) is 0 Å². The molecule has 0 spiro atoms. The third kappa shape index (κ3) is 8.63. The first-order chi connectivity index (χ1) is 19.9. The first-order valence-electron chi connectivity index (χ1n) is 13.1. The molecule has 0 saturated carbocycles. The zero-order valence-corrected chi connectivity index (χ0v) is 22.2. The molecule has 41 heavy (non-hydrogen) atoms. The number of aliphatic carboxylic acids is 1. The fourth-order valence-electron chi connectivity index (χ4n) is 4.22. The topological polar surface area (TPSA) is 122 Å². The molecule has 208 valence electrons. The van der Waals surface area contributed by atoms with Crippen molar-refractivity contribution in [2.24, 2.45) is 0 Å². The second kappa shape index (κ2) is 14.2. The van der Waals surface area contributed by atoms with E-state index < -0.39 is 30.1 Å². The summed E-state index contributed by atoms with van der Waals surface area (Å²) in [5.74, 6) is -2.03. The summed E-state index contributed by atoms with van der Waals surface area (Å²) in [6, 6.07) is 31.3. The number of hydrogen-bond acceptors (Lipinski definition) is 5. The summed E-state index contributed by atoms with van der Waals surface area (Å²) in [5.41, 5.74) is 3.21. The van der Waals surface area contributed by atoms with E-state index in [0.717, 1.165) is 11.1 Å². The van der Waals surface area contributed by atoms with Crippen LogP contribution >= 0.6 is 0 Å². The molecule has 0 aliphatic heterocycles. The highest BCUT2D eigenvalue weighted by atomic mass is 16.5. The molecule has 0 heterocycles. The first kappa shape index (κ1) is 28.8. The predicted octanol–water partition coefficient (Wildman–Crippen LogP) is 4.57. The Kier molecular flexibility index (Phi) is 9.98. The van der Waals surface area contributed by atoms with Gasteiger partial charge in [0.25, 0.3) is 0 Å². The quantitative estimate of drug-likeness (QED) is 0.222. The number of carboxylic acid groups (broad SMARTS) is 1. The van der Waals surface area contributed by atoms with E-state index in [1.165, 1.54) is 0 Å². The summed E-state index contributed by atoms with van der Waals surface area (Å²) in [7, 11) is 0. The highest BCUT2D eigenvalue weighted by Crippen LogP contribution is 2.13. The molecule has 0 radical (unpaired) electrons.